The van der Waals surface area contributed by atoms with Gasteiger partial charge in [-0.25, -0.2) is 4.39 Å². The molecule has 0 atom stereocenters. The summed E-state index contributed by atoms with van der Waals surface area (Å²) in [6.07, 6.45) is 0.614. The summed E-state index contributed by atoms with van der Waals surface area (Å²) in [6.45, 7) is 4.46. The minimum absolute atomic E-state index is 0.215. The first-order valence-electron chi connectivity index (χ1n) is 9.44. The molecule has 0 heterocycles. The summed E-state index contributed by atoms with van der Waals surface area (Å²) in [5.41, 5.74) is 4.91. The molecule has 148 valence electrons. The third-order valence-electron chi connectivity index (χ3n) is 4.79. The molecule has 0 saturated carbocycles. The maximum atomic E-state index is 12.9. The van der Waals surface area contributed by atoms with E-state index in [0.717, 1.165) is 22.4 Å². The van der Waals surface area contributed by atoms with Crippen LogP contribution in [0.4, 0.5) is 10.1 Å². The van der Waals surface area contributed by atoms with Crippen molar-refractivity contribution < 1.29 is 14.0 Å². The second-order valence-electron chi connectivity index (χ2n) is 6.96. The number of benzene rings is 3. The molecule has 3 aromatic carbocycles. The molecular weight excluding hydrogens is 367 g/mol. The lowest BCUT2D eigenvalue weighted by atomic mass is 10.1. The SMILES string of the molecule is Cc1ccc(NC(=O)c2ccc(C(=O)NCCc3ccc(F)cc3)cc2)cc1C. The van der Waals surface area contributed by atoms with Crippen molar-refractivity contribution in [2.24, 2.45) is 0 Å². The predicted molar refractivity (Wildman–Crippen MR) is 113 cm³/mol. The Bertz CT molecular complexity index is 1010. The third kappa shape index (κ3) is 5.51. The van der Waals surface area contributed by atoms with Gasteiger partial charge in [0.2, 0.25) is 0 Å². The molecule has 0 saturated heterocycles. The molecule has 0 fully saturated rings. The molecule has 4 nitrogen and oxygen atoms in total. The van der Waals surface area contributed by atoms with Gasteiger partial charge >= 0.3 is 0 Å². The molecular formula is C24H23FN2O2. The Morgan fingerprint density at radius 1 is 0.793 bits per heavy atom. The molecule has 0 aromatic heterocycles. The summed E-state index contributed by atoms with van der Waals surface area (Å²) in [5, 5.41) is 5.69. The van der Waals surface area contributed by atoms with Gasteiger partial charge in [0.05, 0.1) is 0 Å². The second-order valence-corrected chi connectivity index (χ2v) is 6.96. The fourth-order valence-corrected chi connectivity index (χ4v) is 2.87. The van der Waals surface area contributed by atoms with E-state index < -0.39 is 0 Å². The number of carbonyl (C=O) groups excluding carboxylic acids is 2. The minimum atomic E-state index is -0.278. The van der Waals surface area contributed by atoms with E-state index in [2.05, 4.69) is 10.6 Å². The maximum Gasteiger partial charge on any atom is 0.255 e. The molecule has 3 rings (SSSR count). The van der Waals surface area contributed by atoms with E-state index >= 15 is 0 Å². The van der Waals surface area contributed by atoms with Gasteiger partial charge in [-0.3, -0.25) is 9.59 Å². The van der Waals surface area contributed by atoms with Gasteiger partial charge in [0.25, 0.3) is 11.8 Å². The molecule has 0 unspecified atom stereocenters. The standard InChI is InChI=1S/C24H23FN2O2/c1-16-3-12-22(15-17(16)2)27-24(29)20-8-6-19(7-9-20)23(28)26-14-13-18-4-10-21(25)11-5-18/h3-12,15H,13-14H2,1-2H3,(H,26,28)(H,27,29). The van der Waals surface area contributed by atoms with Crippen molar-refractivity contribution in [3.8, 4) is 0 Å². The van der Waals surface area contributed by atoms with Crippen molar-refractivity contribution in [3.63, 3.8) is 0 Å². The van der Waals surface area contributed by atoms with Crippen LogP contribution < -0.4 is 10.6 Å². The Morgan fingerprint density at radius 3 is 2.03 bits per heavy atom. The zero-order valence-electron chi connectivity index (χ0n) is 16.5. The van der Waals surface area contributed by atoms with Gasteiger partial charge < -0.3 is 10.6 Å². The summed E-state index contributed by atoms with van der Waals surface area (Å²) >= 11 is 0. The highest BCUT2D eigenvalue weighted by atomic mass is 19.1. The number of amides is 2. The number of nitrogens with one attached hydrogen (secondary N) is 2. The number of halogens is 1. The van der Waals surface area contributed by atoms with Crippen LogP contribution >= 0.6 is 0 Å². The first kappa shape index (κ1) is 20.3. The van der Waals surface area contributed by atoms with Crippen molar-refractivity contribution in [2.45, 2.75) is 20.3 Å². The lowest BCUT2D eigenvalue weighted by molar-refractivity contribution is 0.0952. The van der Waals surface area contributed by atoms with E-state index in [1.807, 2.05) is 32.0 Å². The quantitative estimate of drug-likeness (QED) is 0.643. The summed E-state index contributed by atoms with van der Waals surface area (Å²) in [6, 6.07) is 18.5. The topological polar surface area (TPSA) is 58.2 Å². The Kier molecular flexibility index (Phi) is 6.39. The van der Waals surface area contributed by atoms with Crippen molar-refractivity contribution in [3.05, 3.63) is 100 Å². The molecule has 2 N–H and O–H groups in total. The van der Waals surface area contributed by atoms with Gasteiger partial charge in [-0.15, -0.1) is 0 Å². The summed E-state index contributed by atoms with van der Waals surface area (Å²) in [7, 11) is 0. The number of carbonyl (C=O) groups is 2. The fourth-order valence-electron chi connectivity index (χ4n) is 2.87. The number of anilines is 1. The average Bonchev–Trinajstić information content (AvgIpc) is 2.72. The van der Waals surface area contributed by atoms with Gasteiger partial charge in [-0.2, -0.15) is 0 Å². The zero-order valence-corrected chi connectivity index (χ0v) is 16.5. The van der Waals surface area contributed by atoms with Gasteiger partial charge in [0, 0.05) is 23.4 Å². The third-order valence-corrected chi connectivity index (χ3v) is 4.79. The van der Waals surface area contributed by atoms with Crippen LogP contribution in [0.15, 0.2) is 66.7 Å². The Labute approximate surface area is 169 Å². The number of hydrogen-bond donors (Lipinski definition) is 2. The van der Waals surface area contributed by atoms with Crippen LogP contribution in [0.25, 0.3) is 0 Å². The monoisotopic (exact) mass is 390 g/mol. The molecule has 0 aliphatic heterocycles. The van der Waals surface area contributed by atoms with Gasteiger partial charge in [0.1, 0.15) is 5.82 Å². The van der Waals surface area contributed by atoms with Crippen molar-refractivity contribution in [1.29, 1.82) is 0 Å². The van der Waals surface area contributed by atoms with Crippen LogP contribution in [-0.2, 0) is 6.42 Å². The van der Waals surface area contributed by atoms with E-state index in [1.54, 1.807) is 36.4 Å². The predicted octanol–water partition coefficient (Wildman–Crippen LogP) is 4.67. The van der Waals surface area contributed by atoms with Crippen LogP contribution in [0.2, 0.25) is 0 Å². The smallest absolute Gasteiger partial charge is 0.255 e. The maximum absolute atomic E-state index is 12.9. The van der Waals surface area contributed by atoms with Crippen LogP contribution in [0, 0.1) is 19.7 Å². The second kappa shape index (κ2) is 9.15. The molecule has 29 heavy (non-hydrogen) atoms. The summed E-state index contributed by atoms with van der Waals surface area (Å²) < 4.78 is 12.9. The minimum Gasteiger partial charge on any atom is -0.352 e. The molecule has 2 amide bonds. The fraction of sp³-hybridized carbons (Fsp3) is 0.167. The molecule has 0 aliphatic carbocycles. The van der Waals surface area contributed by atoms with Gasteiger partial charge in [0.15, 0.2) is 0 Å². The van der Waals surface area contributed by atoms with Crippen molar-refractivity contribution in [1.82, 2.24) is 5.32 Å². The summed E-state index contributed by atoms with van der Waals surface area (Å²) in [4.78, 5) is 24.7. The number of hydrogen-bond acceptors (Lipinski definition) is 2. The first-order chi connectivity index (χ1) is 13.9. The first-order valence-corrected chi connectivity index (χ1v) is 9.44. The van der Waals surface area contributed by atoms with E-state index in [-0.39, 0.29) is 17.6 Å². The molecule has 0 spiro atoms. The molecule has 0 radical (unpaired) electrons. The lowest BCUT2D eigenvalue weighted by Gasteiger charge is -2.09. The highest BCUT2D eigenvalue weighted by molar-refractivity contribution is 6.05. The average molecular weight is 390 g/mol. The van der Waals surface area contributed by atoms with E-state index in [4.69, 9.17) is 0 Å². The summed E-state index contributed by atoms with van der Waals surface area (Å²) in [5.74, 6) is -0.718. The van der Waals surface area contributed by atoms with E-state index in [0.29, 0.717) is 24.1 Å². The van der Waals surface area contributed by atoms with Crippen LogP contribution in [0.1, 0.15) is 37.4 Å². The molecule has 0 bridgehead atoms. The normalized spacial score (nSPS) is 10.4. The molecule has 0 aliphatic rings. The Hall–Kier alpha value is -3.47. The number of aryl methyl sites for hydroxylation is 2. The van der Waals surface area contributed by atoms with Crippen LogP contribution in [0.5, 0.6) is 0 Å². The van der Waals surface area contributed by atoms with Crippen LogP contribution in [-0.4, -0.2) is 18.4 Å². The number of rotatable bonds is 6. The van der Waals surface area contributed by atoms with E-state index in [9.17, 15) is 14.0 Å². The molecule has 3 aromatic rings. The highest BCUT2D eigenvalue weighted by Crippen LogP contribution is 2.15. The van der Waals surface area contributed by atoms with Gasteiger partial charge in [-0.1, -0.05) is 18.2 Å². The largest absolute Gasteiger partial charge is 0.352 e. The van der Waals surface area contributed by atoms with E-state index in [1.165, 1.54) is 12.1 Å². The lowest BCUT2D eigenvalue weighted by Crippen LogP contribution is -2.25. The van der Waals surface area contributed by atoms with Crippen molar-refractivity contribution >= 4 is 17.5 Å². The zero-order chi connectivity index (χ0) is 20.8. The Morgan fingerprint density at radius 2 is 1.41 bits per heavy atom. The van der Waals surface area contributed by atoms with Crippen LogP contribution in [0.3, 0.4) is 0 Å². The highest BCUT2D eigenvalue weighted by Gasteiger charge is 2.10. The Balaban J connectivity index is 1.54. The van der Waals surface area contributed by atoms with Gasteiger partial charge in [-0.05, 0) is 85.5 Å². The van der Waals surface area contributed by atoms with Crippen molar-refractivity contribution in [2.75, 3.05) is 11.9 Å². The molecule has 5 heteroatoms.